The summed E-state index contributed by atoms with van der Waals surface area (Å²) < 4.78 is 11.7. The van der Waals surface area contributed by atoms with E-state index in [4.69, 9.17) is 15.2 Å². The van der Waals surface area contributed by atoms with Gasteiger partial charge in [-0.3, -0.25) is 4.90 Å². The highest BCUT2D eigenvalue weighted by atomic mass is 79.9. The van der Waals surface area contributed by atoms with E-state index in [1.54, 1.807) is 7.11 Å². The van der Waals surface area contributed by atoms with Crippen molar-refractivity contribution in [2.24, 2.45) is 10.7 Å². The fourth-order valence-corrected chi connectivity index (χ4v) is 2.85. The van der Waals surface area contributed by atoms with E-state index in [0.717, 1.165) is 61.6 Å². The standard InChI is InChI=1S/C16H25BrN4O2/c1-22-15-4-3-14(17)11-13(15)12-20-16(18)19-5-2-6-21-7-9-23-10-8-21/h3-4,11H,2,5-10,12H2,1H3,(H3,18,19,20). The second kappa shape index (κ2) is 9.75. The van der Waals surface area contributed by atoms with Crippen LogP contribution in [0, 0.1) is 0 Å². The first kappa shape index (κ1) is 18.0. The van der Waals surface area contributed by atoms with Crippen LogP contribution in [0.25, 0.3) is 0 Å². The van der Waals surface area contributed by atoms with E-state index >= 15 is 0 Å². The molecule has 6 nitrogen and oxygen atoms in total. The average molecular weight is 385 g/mol. The fraction of sp³-hybridized carbons (Fsp3) is 0.562. The van der Waals surface area contributed by atoms with Crippen molar-refractivity contribution in [3.8, 4) is 5.75 Å². The lowest BCUT2D eigenvalue weighted by Crippen LogP contribution is -2.39. The molecule has 3 N–H and O–H groups in total. The third-order valence-corrected chi connectivity index (χ3v) is 4.22. The predicted molar refractivity (Wildman–Crippen MR) is 95.9 cm³/mol. The Morgan fingerprint density at radius 3 is 2.96 bits per heavy atom. The van der Waals surface area contributed by atoms with Gasteiger partial charge in [0, 0.05) is 29.7 Å². The molecule has 1 saturated heterocycles. The first-order chi connectivity index (χ1) is 11.2. The lowest BCUT2D eigenvalue weighted by molar-refractivity contribution is 0.0376. The summed E-state index contributed by atoms with van der Waals surface area (Å²) in [6.45, 7) is 6.09. The van der Waals surface area contributed by atoms with E-state index < -0.39 is 0 Å². The number of methoxy groups -OCH3 is 1. The van der Waals surface area contributed by atoms with Crippen molar-refractivity contribution in [1.82, 2.24) is 10.2 Å². The van der Waals surface area contributed by atoms with Crippen LogP contribution in [-0.4, -0.2) is 57.4 Å². The van der Waals surface area contributed by atoms with Crippen LogP contribution in [0.2, 0.25) is 0 Å². The summed E-state index contributed by atoms with van der Waals surface area (Å²) >= 11 is 3.46. The molecular formula is C16H25BrN4O2. The molecule has 0 spiro atoms. The summed E-state index contributed by atoms with van der Waals surface area (Å²) in [6, 6.07) is 5.86. The summed E-state index contributed by atoms with van der Waals surface area (Å²) in [5.74, 6) is 1.28. The van der Waals surface area contributed by atoms with Crippen molar-refractivity contribution in [3.63, 3.8) is 0 Å². The van der Waals surface area contributed by atoms with Crippen LogP contribution in [0.4, 0.5) is 0 Å². The summed E-state index contributed by atoms with van der Waals surface area (Å²) in [4.78, 5) is 6.78. The monoisotopic (exact) mass is 384 g/mol. The normalized spacial score (nSPS) is 16.3. The SMILES string of the molecule is COc1ccc(Br)cc1CN=C(N)NCCCN1CCOCC1. The number of hydrogen-bond acceptors (Lipinski definition) is 4. The molecule has 0 unspecified atom stereocenters. The molecule has 0 aromatic heterocycles. The fourth-order valence-electron chi connectivity index (χ4n) is 2.44. The van der Waals surface area contributed by atoms with Gasteiger partial charge >= 0.3 is 0 Å². The van der Waals surface area contributed by atoms with Gasteiger partial charge in [0.2, 0.25) is 0 Å². The molecule has 0 saturated carbocycles. The number of aliphatic imine (C=N–C) groups is 1. The average Bonchev–Trinajstić information content (AvgIpc) is 2.58. The van der Waals surface area contributed by atoms with Crippen LogP contribution in [-0.2, 0) is 11.3 Å². The third-order valence-electron chi connectivity index (χ3n) is 3.72. The number of halogens is 1. The number of nitrogens with two attached hydrogens (primary N) is 1. The lowest BCUT2D eigenvalue weighted by atomic mass is 10.2. The van der Waals surface area contributed by atoms with Crippen molar-refractivity contribution in [2.75, 3.05) is 46.5 Å². The largest absolute Gasteiger partial charge is 0.496 e. The smallest absolute Gasteiger partial charge is 0.188 e. The molecule has 0 aliphatic carbocycles. The van der Waals surface area contributed by atoms with Crippen LogP contribution in [0.5, 0.6) is 5.75 Å². The zero-order valence-corrected chi connectivity index (χ0v) is 15.1. The van der Waals surface area contributed by atoms with E-state index in [1.165, 1.54) is 0 Å². The zero-order valence-electron chi connectivity index (χ0n) is 13.6. The van der Waals surface area contributed by atoms with E-state index in [-0.39, 0.29) is 0 Å². The number of ether oxygens (including phenoxy) is 2. The number of benzene rings is 1. The number of nitrogens with one attached hydrogen (secondary N) is 1. The highest BCUT2D eigenvalue weighted by Crippen LogP contribution is 2.23. The molecule has 1 aromatic rings. The van der Waals surface area contributed by atoms with Gasteiger partial charge in [0.05, 0.1) is 26.9 Å². The van der Waals surface area contributed by atoms with Crippen LogP contribution in [0.1, 0.15) is 12.0 Å². The van der Waals surface area contributed by atoms with E-state index in [2.05, 4.69) is 31.1 Å². The van der Waals surface area contributed by atoms with Gasteiger partial charge in [0.25, 0.3) is 0 Å². The van der Waals surface area contributed by atoms with Gasteiger partial charge in [0.1, 0.15) is 5.75 Å². The highest BCUT2D eigenvalue weighted by molar-refractivity contribution is 9.10. The van der Waals surface area contributed by atoms with E-state index in [1.807, 2.05) is 18.2 Å². The van der Waals surface area contributed by atoms with Crippen molar-refractivity contribution in [2.45, 2.75) is 13.0 Å². The van der Waals surface area contributed by atoms with Crippen molar-refractivity contribution >= 4 is 21.9 Å². The summed E-state index contributed by atoms with van der Waals surface area (Å²) in [6.07, 6.45) is 1.04. The van der Waals surface area contributed by atoms with E-state index in [0.29, 0.717) is 12.5 Å². The zero-order chi connectivity index (χ0) is 16.5. The predicted octanol–water partition coefficient (Wildman–Crippen LogP) is 1.58. The highest BCUT2D eigenvalue weighted by Gasteiger charge is 2.09. The molecule has 0 amide bonds. The number of rotatable bonds is 7. The Hall–Kier alpha value is -1.31. The Bertz CT molecular complexity index is 519. The first-order valence-corrected chi connectivity index (χ1v) is 8.64. The molecule has 2 rings (SSSR count). The quantitative estimate of drug-likeness (QED) is 0.424. The number of nitrogens with zero attached hydrogens (tertiary/aromatic N) is 2. The van der Waals surface area contributed by atoms with Crippen LogP contribution in [0.3, 0.4) is 0 Å². The van der Waals surface area contributed by atoms with Crippen LogP contribution >= 0.6 is 15.9 Å². The Labute approximate surface area is 146 Å². The maximum absolute atomic E-state index is 5.92. The molecule has 1 aromatic carbocycles. The molecule has 7 heteroatoms. The van der Waals surface area contributed by atoms with Gasteiger partial charge in [-0.05, 0) is 31.2 Å². The van der Waals surface area contributed by atoms with E-state index in [9.17, 15) is 0 Å². The minimum atomic E-state index is 0.467. The van der Waals surface area contributed by atoms with Crippen LogP contribution in [0.15, 0.2) is 27.7 Å². The van der Waals surface area contributed by atoms with Crippen molar-refractivity contribution in [1.29, 1.82) is 0 Å². The van der Waals surface area contributed by atoms with Gasteiger partial charge in [-0.15, -0.1) is 0 Å². The Morgan fingerprint density at radius 2 is 2.22 bits per heavy atom. The first-order valence-electron chi connectivity index (χ1n) is 7.85. The van der Waals surface area contributed by atoms with Crippen molar-refractivity contribution in [3.05, 3.63) is 28.2 Å². The second-order valence-electron chi connectivity index (χ2n) is 5.39. The molecule has 0 bridgehead atoms. The van der Waals surface area contributed by atoms with Gasteiger partial charge in [-0.2, -0.15) is 0 Å². The third kappa shape index (κ3) is 6.37. The van der Waals surface area contributed by atoms with Gasteiger partial charge in [-0.1, -0.05) is 15.9 Å². The minimum absolute atomic E-state index is 0.467. The molecule has 1 fully saturated rings. The molecule has 1 heterocycles. The molecule has 0 atom stereocenters. The molecule has 128 valence electrons. The Morgan fingerprint density at radius 1 is 1.43 bits per heavy atom. The van der Waals surface area contributed by atoms with Crippen LogP contribution < -0.4 is 15.8 Å². The maximum Gasteiger partial charge on any atom is 0.188 e. The van der Waals surface area contributed by atoms with Gasteiger partial charge in [-0.25, -0.2) is 4.99 Å². The number of morpholine rings is 1. The lowest BCUT2D eigenvalue weighted by Gasteiger charge is -2.26. The van der Waals surface area contributed by atoms with Gasteiger partial charge in [0.15, 0.2) is 5.96 Å². The van der Waals surface area contributed by atoms with Gasteiger partial charge < -0.3 is 20.5 Å². The molecule has 23 heavy (non-hydrogen) atoms. The molecular weight excluding hydrogens is 360 g/mol. The molecule has 1 aliphatic heterocycles. The number of hydrogen-bond donors (Lipinski definition) is 2. The number of guanidine groups is 1. The Balaban J connectivity index is 1.71. The second-order valence-corrected chi connectivity index (χ2v) is 6.31. The maximum atomic E-state index is 5.92. The summed E-state index contributed by atoms with van der Waals surface area (Å²) in [5, 5.41) is 3.16. The summed E-state index contributed by atoms with van der Waals surface area (Å²) in [7, 11) is 1.66. The minimum Gasteiger partial charge on any atom is -0.496 e. The van der Waals surface area contributed by atoms with Crippen molar-refractivity contribution < 1.29 is 9.47 Å². The summed E-state index contributed by atoms with van der Waals surface area (Å²) in [5.41, 5.74) is 6.92. The molecule has 1 aliphatic rings. The molecule has 0 radical (unpaired) electrons. The topological polar surface area (TPSA) is 72.1 Å². The Kier molecular flexibility index (Phi) is 7.64.